The molecule has 154 valence electrons. The first-order valence-electron chi connectivity index (χ1n) is 10.3. The Hall–Kier alpha value is -2.44. The van der Waals surface area contributed by atoms with Gasteiger partial charge in [-0.3, -0.25) is 4.79 Å². The fraction of sp³-hybridized carbons (Fsp3) is 0.348. The fourth-order valence-electron chi connectivity index (χ4n) is 4.30. The van der Waals surface area contributed by atoms with Crippen LogP contribution in [0.2, 0.25) is 5.02 Å². The number of benzene rings is 1. The summed E-state index contributed by atoms with van der Waals surface area (Å²) in [7, 11) is 0. The highest BCUT2D eigenvalue weighted by molar-refractivity contribution is 7.19. The molecule has 1 N–H and O–H groups in total. The van der Waals surface area contributed by atoms with Crippen LogP contribution in [0.5, 0.6) is 0 Å². The average Bonchev–Trinajstić information content (AvgIpc) is 3.06. The first-order chi connectivity index (χ1) is 14.4. The lowest BCUT2D eigenvalue weighted by molar-refractivity contribution is 0.700. The van der Waals surface area contributed by atoms with Gasteiger partial charge in [0.15, 0.2) is 0 Å². The first-order valence-corrected chi connectivity index (χ1v) is 11.5. The lowest BCUT2D eigenvalue weighted by Gasteiger charge is -2.18. The number of halogens is 1. The zero-order valence-corrected chi connectivity index (χ0v) is 18.8. The molecule has 0 radical (unpaired) electrons. The van der Waals surface area contributed by atoms with E-state index in [0.29, 0.717) is 16.4 Å². The monoisotopic (exact) mass is 438 g/mol. The topological polar surface area (TPSA) is 59.8 Å². The number of hydrogen-bond donors (Lipinski definition) is 1. The Morgan fingerprint density at radius 2 is 1.83 bits per heavy atom. The third-order valence-electron chi connectivity index (χ3n) is 5.61. The second-order valence-electron chi connectivity index (χ2n) is 8.16. The molecule has 3 heterocycles. The van der Waals surface area contributed by atoms with Gasteiger partial charge < -0.3 is 5.32 Å². The highest BCUT2D eigenvalue weighted by Crippen LogP contribution is 2.39. The van der Waals surface area contributed by atoms with Crippen LogP contribution in [0.3, 0.4) is 0 Å². The summed E-state index contributed by atoms with van der Waals surface area (Å²) in [4.78, 5) is 26.0. The van der Waals surface area contributed by atoms with E-state index in [1.54, 1.807) is 28.0 Å². The van der Waals surface area contributed by atoms with E-state index in [-0.39, 0.29) is 11.6 Å². The highest BCUT2D eigenvalue weighted by Gasteiger charge is 2.24. The normalized spacial score (nSPS) is 13.9. The minimum atomic E-state index is -0.104. The SMILES string of the molecule is Cc1nc2sc3c(c2c2nc(NC(C)C)n(-c4ccc(Cl)cc4)c(=O)c12)CCCC3. The molecule has 5 rings (SSSR count). The maximum absolute atomic E-state index is 13.8. The van der Waals surface area contributed by atoms with Gasteiger partial charge in [-0.05, 0) is 76.3 Å². The number of fused-ring (bicyclic) bond motifs is 5. The molecule has 30 heavy (non-hydrogen) atoms. The molecular formula is C23H23ClN4OS. The molecule has 0 spiro atoms. The van der Waals surface area contributed by atoms with Gasteiger partial charge in [0.05, 0.1) is 22.3 Å². The van der Waals surface area contributed by atoms with Crippen LogP contribution in [0.15, 0.2) is 29.1 Å². The summed E-state index contributed by atoms with van der Waals surface area (Å²) in [5.74, 6) is 0.549. The molecule has 0 saturated heterocycles. The van der Waals surface area contributed by atoms with Gasteiger partial charge in [0.25, 0.3) is 5.56 Å². The summed E-state index contributed by atoms with van der Waals surface area (Å²) >= 11 is 7.84. The summed E-state index contributed by atoms with van der Waals surface area (Å²) in [5, 5.41) is 5.67. The quantitative estimate of drug-likeness (QED) is 0.448. The van der Waals surface area contributed by atoms with E-state index in [4.69, 9.17) is 21.6 Å². The van der Waals surface area contributed by atoms with Crippen molar-refractivity contribution in [1.29, 1.82) is 0 Å². The molecule has 0 fully saturated rings. The Morgan fingerprint density at radius 3 is 2.57 bits per heavy atom. The van der Waals surface area contributed by atoms with Crippen LogP contribution in [0.1, 0.15) is 42.8 Å². The molecule has 1 aliphatic carbocycles. The minimum Gasteiger partial charge on any atom is -0.353 e. The van der Waals surface area contributed by atoms with E-state index in [1.807, 2.05) is 32.9 Å². The zero-order valence-electron chi connectivity index (χ0n) is 17.3. The van der Waals surface area contributed by atoms with Gasteiger partial charge in [0.2, 0.25) is 5.95 Å². The largest absolute Gasteiger partial charge is 0.353 e. The van der Waals surface area contributed by atoms with E-state index in [9.17, 15) is 4.79 Å². The predicted molar refractivity (Wildman–Crippen MR) is 126 cm³/mol. The van der Waals surface area contributed by atoms with Gasteiger partial charge in [-0.1, -0.05) is 11.6 Å². The first kappa shape index (κ1) is 19.5. The van der Waals surface area contributed by atoms with Crippen molar-refractivity contribution in [3.8, 4) is 5.69 Å². The molecule has 7 heteroatoms. The lowest BCUT2D eigenvalue weighted by Crippen LogP contribution is -2.26. The highest BCUT2D eigenvalue weighted by atomic mass is 35.5. The number of hydrogen-bond acceptors (Lipinski definition) is 5. The van der Waals surface area contributed by atoms with Crippen molar-refractivity contribution < 1.29 is 0 Å². The molecule has 0 atom stereocenters. The molecule has 0 amide bonds. The van der Waals surface area contributed by atoms with Crippen molar-refractivity contribution in [2.75, 3.05) is 5.32 Å². The summed E-state index contributed by atoms with van der Waals surface area (Å²) in [6, 6.07) is 7.39. The number of rotatable bonds is 3. The molecular weight excluding hydrogens is 416 g/mol. The Morgan fingerprint density at radius 1 is 1.10 bits per heavy atom. The third-order valence-corrected chi connectivity index (χ3v) is 7.04. The summed E-state index contributed by atoms with van der Waals surface area (Å²) in [5.41, 5.74) is 3.47. The maximum atomic E-state index is 13.8. The molecule has 0 aliphatic heterocycles. The van der Waals surface area contributed by atoms with Crippen molar-refractivity contribution in [1.82, 2.24) is 14.5 Å². The van der Waals surface area contributed by atoms with Gasteiger partial charge in [0, 0.05) is 21.3 Å². The summed E-state index contributed by atoms with van der Waals surface area (Å²) in [6.07, 6.45) is 4.51. The Balaban J connectivity index is 1.90. The molecule has 1 aliphatic rings. The Bertz CT molecular complexity index is 1340. The predicted octanol–water partition coefficient (Wildman–Crippen LogP) is 5.66. The number of thiophene rings is 1. The second kappa shape index (κ2) is 7.36. The maximum Gasteiger partial charge on any atom is 0.269 e. The third kappa shape index (κ3) is 3.10. The number of nitrogens with one attached hydrogen (secondary N) is 1. The van der Waals surface area contributed by atoms with Crippen molar-refractivity contribution >= 4 is 50.0 Å². The zero-order chi connectivity index (χ0) is 21.0. The Labute approximate surface area is 183 Å². The van der Waals surface area contributed by atoms with Crippen molar-refractivity contribution in [3.63, 3.8) is 0 Å². The molecule has 1 aromatic carbocycles. The number of pyridine rings is 1. The van der Waals surface area contributed by atoms with Crippen LogP contribution in [0, 0.1) is 6.92 Å². The Kier molecular flexibility index (Phi) is 4.79. The molecule has 0 bridgehead atoms. The van der Waals surface area contributed by atoms with Gasteiger partial charge in [-0.25, -0.2) is 14.5 Å². The average molecular weight is 439 g/mol. The van der Waals surface area contributed by atoms with Crippen LogP contribution in [-0.2, 0) is 12.8 Å². The molecule has 5 nitrogen and oxygen atoms in total. The van der Waals surface area contributed by atoms with E-state index in [1.165, 1.54) is 23.3 Å². The standard InChI is InChI=1S/C23H23ClN4OS/c1-12(2)25-23-27-20-18(22(29)28(23)15-10-8-14(24)9-11-15)13(3)26-21-19(20)16-6-4-5-7-17(16)30-21/h8-12H,4-7H2,1-3H3,(H,25,27). The van der Waals surface area contributed by atoms with Gasteiger partial charge in [-0.15, -0.1) is 11.3 Å². The fourth-order valence-corrected chi connectivity index (χ4v) is 5.73. The van der Waals surface area contributed by atoms with Crippen LogP contribution < -0.4 is 10.9 Å². The van der Waals surface area contributed by atoms with Crippen LogP contribution in [0.4, 0.5) is 5.95 Å². The van der Waals surface area contributed by atoms with Gasteiger partial charge in [-0.2, -0.15) is 0 Å². The van der Waals surface area contributed by atoms with Gasteiger partial charge in [0.1, 0.15) is 4.83 Å². The van der Waals surface area contributed by atoms with Crippen LogP contribution in [-0.4, -0.2) is 20.6 Å². The minimum absolute atomic E-state index is 0.104. The number of nitrogens with zero attached hydrogens (tertiary/aromatic N) is 3. The second-order valence-corrected chi connectivity index (χ2v) is 9.68. The number of aryl methyl sites for hydroxylation is 3. The van der Waals surface area contributed by atoms with E-state index >= 15 is 0 Å². The number of aromatic nitrogens is 3. The summed E-state index contributed by atoms with van der Waals surface area (Å²) in [6.45, 7) is 6.00. The van der Waals surface area contributed by atoms with E-state index in [0.717, 1.165) is 40.0 Å². The van der Waals surface area contributed by atoms with Crippen molar-refractivity contribution in [3.05, 3.63) is 55.8 Å². The van der Waals surface area contributed by atoms with E-state index in [2.05, 4.69) is 5.32 Å². The van der Waals surface area contributed by atoms with Gasteiger partial charge >= 0.3 is 0 Å². The smallest absolute Gasteiger partial charge is 0.269 e. The summed E-state index contributed by atoms with van der Waals surface area (Å²) < 4.78 is 1.64. The van der Waals surface area contributed by atoms with Crippen molar-refractivity contribution in [2.45, 2.75) is 52.5 Å². The van der Waals surface area contributed by atoms with Crippen LogP contribution >= 0.6 is 22.9 Å². The lowest BCUT2D eigenvalue weighted by atomic mass is 9.96. The molecule has 0 saturated carbocycles. The van der Waals surface area contributed by atoms with Crippen molar-refractivity contribution in [2.24, 2.45) is 0 Å². The molecule has 3 aromatic heterocycles. The molecule has 0 unspecified atom stereocenters. The number of anilines is 1. The van der Waals surface area contributed by atoms with Crippen LogP contribution in [0.25, 0.3) is 26.8 Å². The van der Waals surface area contributed by atoms with E-state index < -0.39 is 0 Å². The molecule has 4 aromatic rings.